The van der Waals surface area contributed by atoms with E-state index >= 15 is 0 Å². The van der Waals surface area contributed by atoms with Crippen LogP contribution in [-0.4, -0.2) is 49.5 Å². The van der Waals surface area contributed by atoms with E-state index in [0.717, 1.165) is 25.0 Å². The lowest BCUT2D eigenvalue weighted by Gasteiger charge is -2.10. The number of carboxylic acid groups (broad SMARTS) is 1. The summed E-state index contributed by atoms with van der Waals surface area (Å²) < 4.78 is 16.0. The molecule has 0 aliphatic carbocycles. The highest BCUT2D eigenvalue weighted by Crippen LogP contribution is 2.13. The Labute approximate surface area is 140 Å². The Bertz CT molecular complexity index is 542. The summed E-state index contributed by atoms with van der Waals surface area (Å²) in [4.78, 5) is 22.3. The number of benzene rings is 1. The highest BCUT2D eigenvalue weighted by Gasteiger charge is 2.15. The zero-order chi connectivity index (χ0) is 17.2. The van der Waals surface area contributed by atoms with Crippen LogP contribution in [0.3, 0.4) is 0 Å². The summed E-state index contributed by atoms with van der Waals surface area (Å²) >= 11 is 0. The fraction of sp³-hybridized carbons (Fsp3) is 0.529. The lowest BCUT2D eigenvalue weighted by atomic mass is 10.2. The predicted molar refractivity (Wildman–Crippen MR) is 85.8 cm³/mol. The van der Waals surface area contributed by atoms with Gasteiger partial charge in [0.05, 0.1) is 19.3 Å². The van der Waals surface area contributed by atoms with Gasteiger partial charge in [0.2, 0.25) is 5.91 Å². The molecule has 2 rings (SSSR count). The maximum atomic E-state index is 11.8. The Morgan fingerprint density at radius 1 is 1.38 bits per heavy atom. The molecule has 1 atom stereocenters. The Balaban J connectivity index is 1.62. The number of carboxylic acids is 1. The fourth-order valence-corrected chi connectivity index (χ4v) is 2.33. The lowest BCUT2D eigenvalue weighted by molar-refractivity contribution is -0.139. The minimum atomic E-state index is -1.03. The molecular formula is C17H23NO6. The van der Waals surface area contributed by atoms with Gasteiger partial charge in [0, 0.05) is 19.6 Å². The molecular weight excluding hydrogens is 314 g/mol. The second-order valence-electron chi connectivity index (χ2n) is 5.57. The molecule has 7 nitrogen and oxygen atoms in total. The lowest BCUT2D eigenvalue weighted by Crippen LogP contribution is -2.24. The van der Waals surface area contributed by atoms with E-state index in [1.165, 1.54) is 0 Å². The van der Waals surface area contributed by atoms with Crippen molar-refractivity contribution < 1.29 is 28.9 Å². The van der Waals surface area contributed by atoms with Gasteiger partial charge in [0.1, 0.15) is 5.75 Å². The standard InChI is InChI=1S/C17H23NO6/c19-16(6-8-22-11-15-5-2-7-23-15)18-10-13-3-1-4-14(9-13)24-12-17(20)21/h1,3-4,9,15H,2,5-8,10-12H2,(H,18,19)(H,20,21). The maximum Gasteiger partial charge on any atom is 0.341 e. The van der Waals surface area contributed by atoms with Crippen molar-refractivity contribution in [2.45, 2.75) is 31.9 Å². The van der Waals surface area contributed by atoms with Crippen molar-refractivity contribution in [1.29, 1.82) is 0 Å². The van der Waals surface area contributed by atoms with Gasteiger partial charge in [-0.2, -0.15) is 0 Å². The van der Waals surface area contributed by atoms with Gasteiger partial charge in [0.25, 0.3) is 0 Å². The van der Waals surface area contributed by atoms with E-state index in [2.05, 4.69) is 5.32 Å². The highest BCUT2D eigenvalue weighted by atomic mass is 16.5. The van der Waals surface area contributed by atoms with Gasteiger partial charge in [-0.05, 0) is 30.5 Å². The second-order valence-corrected chi connectivity index (χ2v) is 5.57. The van der Waals surface area contributed by atoms with Crippen LogP contribution in [0.4, 0.5) is 0 Å². The van der Waals surface area contributed by atoms with Crippen LogP contribution in [0.2, 0.25) is 0 Å². The van der Waals surface area contributed by atoms with Crippen molar-refractivity contribution in [1.82, 2.24) is 5.32 Å². The van der Waals surface area contributed by atoms with E-state index in [9.17, 15) is 9.59 Å². The molecule has 1 aromatic carbocycles. The number of hydrogen-bond acceptors (Lipinski definition) is 5. The number of carbonyl (C=O) groups is 2. The normalized spacial score (nSPS) is 16.8. The van der Waals surface area contributed by atoms with E-state index in [1.807, 2.05) is 6.07 Å². The topological polar surface area (TPSA) is 94.1 Å². The first kappa shape index (κ1) is 18.2. The SMILES string of the molecule is O=C(O)COc1cccc(CNC(=O)CCOCC2CCCO2)c1. The zero-order valence-corrected chi connectivity index (χ0v) is 13.5. The summed E-state index contributed by atoms with van der Waals surface area (Å²) in [5.41, 5.74) is 0.839. The maximum absolute atomic E-state index is 11.8. The third-order valence-corrected chi connectivity index (χ3v) is 3.55. The molecule has 1 aliphatic heterocycles. The molecule has 1 aliphatic rings. The summed E-state index contributed by atoms with van der Waals surface area (Å²) in [5, 5.41) is 11.4. The summed E-state index contributed by atoms with van der Waals surface area (Å²) in [6.07, 6.45) is 2.56. The molecule has 1 amide bonds. The van der Waals surface area contributed by atoms with Crippen LogP contribution in [0.1, 0.15) is 24.8 Å². The van der Waals surface area contributed by atoms with Crippen LogP contribution in [0.25, 0.3) is 0 Å². The van der Waals surface area contributed by atoms with Crippen LogP contribution in [0.15, 0.2) is 24.3 Å². The van der Waals surface area contributed by atoms with Gasteiger partial charge in [0.15, 0.2) is 6.61 Å². The number of ether oxygens (including phenoxy) is 3. The van der Waals surface area contributed by atoms with E-state index in [1.54, 1.807) is 18.2 Å². The minimum Gasteiger partial charge on any atom is -0.482 e. The first-order valence-corrected chi connectivity index (χ1v) is 8.03. The quantitative estimate of drug-likeness (QED) is 0.626. The van der Waals surface area contributed by atoms with Crippen LogP contribution < -0.4 is 10.1 Å². The summed E-state index contributed by atoms with van der Waals surface area (Å²) in [6, 6.07) is 6.97. The van der Waals surface area contributed by atoms with Gasteiger partial charge >= 0.3 is 5.97 Å². The highest BCUT2D eigenvalue weighted by molar-refractivity contribution is 5.75. The molecule has 132 valence electrons. The molecule has 0 bridgehead atoms. The average Bonchev–Trinajstić information content (AvgIpc) is 3.09. The van der Waals surface area contributed by atoms with Crippen molar-refractivity contribution in [3.8, 4) is 5.75 Å². The molecule has 0 aromatic heterocycles. The van der Waals surface area contributed by atoms with Gasteiger partial charge in [-0.3, -0.25) is 4.79 Å². The van der Waals surface area contributed by atoms with Gasteiger partial charge in [-0.1, -0.05) is 12.1 Å². The minimum absolute atomic E-state index is 0.0980. The Morgan fingerprint density at radius 2 is 2.25 bits per heavy atom. The van der Waals surface area contributed by atoms with Crippen LogP contribution in [0.5, 0.6) is 5.75 Å². The Kier molecular flexibility index (Phi) is 7.51. The van der Waals surface area contributed by atoms with Crippen molar-refractivity contribution in [2.75, 3.05) is 26.4 Å². The first-order valence-electron chi connectivity index (χ1n) is 8.03. The molecule has 1 unspecified atom stereocenters. The summed E-state index contributed by atoms with van der Waals surface area (Å²) in [6.45, 7) is 1.67. The molecule has 1 heterocycles. The van der Waals surface area contributed by atoms with Crippen LogP contribution >= 0.6 is 0 Å². The van der Waals surface area contributed by atoms with Crippen LogP contribution in [0, 0.1) is 0 Å². The van der Waals surface area contributed by atoms with Crippen molar-refractivity contribution in [3.05, 3.63) is 29.8 Å². The third-order valence-electron chi connectivity index (χ3n) is 3.55. The number of amides is 1. The van der Waals surface area contributed by atoms with E-state index in [4.69, 9.17) is 19.3 Å². The molecule has 2 N–H and O–H groups in total. The molecule has 7 heteroatoms. The number of aliphatic carboxylic acids is 1. The van der Waals surface area contributed by atoms with E-state index in [0.29, 0.717) is 31.9 Å². The van der Waals surface area contributed by atoms with Crippen molar-refractivity contribution >= 4 is 11.9 Å². The molecule has 1 saturated heterocycles. The van der Waals surface area contributed by atoms with E-state index < -0.39 is 12.6 Å². The fourth-order valence-electron chi connectivity index (χ4n) is 2.33. The van der Waals surface area contributed by atoms with Crippen LogP contribution in [-0.2, 0) is 25.6 Å². The summed E-state index contributed by atoms with van der Waals surface area (Å²) in [7, 11) is 0. The monoisotopic (exact) mass is 337 g/mol. The number of carbonyl (C=O) groups excluding carboxylic acids is 1. The van der Waals surface area contributed by atoms with Gasteiger partial charge < -0.3 is 24.6 Å². The van der Waals surface area contributed by atoms with Crippen molar-refractivity contribution in [2.24, 2.45) is 0 Å². The van der Waals surface area contributed by atoms with E-state index in [-0.39, 0.29) is 12.0 Å². The molecule has 0 saturated carbocycles. The first-order chi connectivity index (χ1) is 11.6. The van der Waals surface area contributed by atoms with Gasteiger partial charge in [-0.25, -0.2) is 4.79 Å². The second kappa shape index (κ2) is 9.89. The number of hydrogen-bond donors (Lipinski definition) is 2. The largest absolute Gasteiger partial charge is 0.482 e. The molecule has 1 aromatic rings. The molecule has 1 fully saturated rings. The number of nitrogens with one attached hydrogen (secondary N) is 1. The Morgan fingerprint density at radius 3 is 3.00 bits per heavy atom. The smallest absolute Gasteiger partial charge is 0.341 e. The summed E-state index contributed by atoms with van der Waals surface area (Å²) in [5.74, 6) is -0.667. The zero-order valence-electron chi connectivity index (χ0n) is 13.5. The number of rotatable bonds is 10. The molecule has 0 radical (unpaired) electrons. The molecule has 0 spiro atoms. The Hall–Kier alpha value is -2.12. The average molecular weight is 337 g/mol. The van der Waals surface area contributed by atoms with Gasteiger partial charge in [-0.15, -0.1) is 0 Å². The predicted octanol–water partition coefficient (Wildman–Crippen LogP) is 1.35. The van der Waals surface area contributed by atoms with Crippen molar-refractivity contribution in [3.63, 3.8) is 0 Å². The molecule has 24 heavy (non-hydrogen) atoms. The third kappa shape index (κ3) is 6.97.